The van der Waals surface area contributed by atoms with Crippen molar-refractivity contribution in [1.29, 1.82) is 0 Å². The molecule has 0 aliphatic rings. The number of phosphoric ester groups is 1. The van der Waals surface area contributed by atoms with Gasteiger partial charge in [-0.1, -0.05) is 22.4 Å². The summed E-state index contributed by atoms with van der Waals surface area (Å²) >= 11 is 3.34. The molecule has 23 heavy (non-hydrogen) atoms. The first kappa shape index (κ1) is 18.0. The lowest BCUT2D eigenvalue weighted by atomic mass is 10.2. The highest BCUT2D eigenvalue weighted by Crippen LogP contribution is 2.46. The van der Waals surface area contributed by atoms with E-state index in [0.717, 1.165) is 9.99 Å². The van der Waals surface area contributed by atoms with E-state index in [4.69, 9.17) is 14.8 Å². The Balaban J connectivity index is 1.86. The van der Waals surface area contributed by atoms with Gasteiger partial charge in [0.25, 0.3) is 0 Å². The van der Waals surface area contributed by atoms with Crippen LogP contribution in [0.25, 0.3) is 10.9 Å². The molecular formula is C14H18BrN2O5P. The minimum absolute atomic E-state index is 0.0680. The molecule has 0 aliphatic carbocycles. The molecule has 1 unspecified atom stereocenters. The SMILES string of the molecule is NC(=O)CCCCCOP(=O)(O)Oc1c[nH]c2ccc(Br)cc12. The molecule has 1 heterocycles. The van der Waals surface area contributed by atoms with Gasteiger partial charge in [-0.05, 0) is 31.0 Å². The number of nitrogens with two attached hydrogens (primary N) is 1. The van der Waals surface area contributed by atoms with Gasteiger partial charge in [-0.2, -0.15) is 0 Å². The van der Waals surface area contributed by atoms with E-state index in [1.54, 1.807) is 6.07 Å². The molecule has 9 heteroatoms. The molecule has 0 saturated heterocycles. The number of aromatic amines is 1. The van der Waals surface area contributed by atoms with E-state index in [-0.39, 0.29) is 18.3 Å². The van der Waals surface area contributed by atoms with Crippen molar-refractivity contribution in [3.8, 4) is 5.75 Å². The number of hydrogen-bond donors (Lipinski definition) is 3. The Labute approximate surface area is 141 Å². The average molecular weight is 405 g/mol. The van der Waals surface area contributed by atoms with Gasteiger partial charge in [-0.25, -0.2) is 4.57 Å². The maximum atomic E-state index is 12.0. The quantitative estimate of drug-likeness (QED) is 0.437. The molecule has 1 amide bonds. The molecule has 1 aromatic carbocycles. The van der Waals surface area contributed by atoms with Crippen LogP contribution in [0.3, 0.4) is 0 Å². The van der Waals surface area contributed by atoms with Gasteiger partial charge in [-0.15, -0.1) is 0 Å². The third-order valence-electron chi connectivity index (χ3n) is 3.14. The Kier molecular flexibility index (Phi) is 6.24. The second-order valence-electron chi connectivity index (χ2n) is 5.01. The number of carbonyl (C=O) groups excluding carboxylic acids is 1. The summed E-state index contributed by atoms with van der Waals surface area (Å²) in [5.41, 5.74) is 5.81. The first-order valence-electron chi connectivity index (χ1n) is 7.09. The number of carbonyl (C=O) groups is 1. The Morgan fingerprint density at radius 2 is 2.13 bits per heavy atom. The average Bonchev–Trinajstić information content (AvgIpc) is 2.84. The van der Waals surface area contributed by atoms with Crippen LogP contribution in [0.2, 0.25) is 0 Å². The lowest BCUT2D eigenvalue weighted by Crippen LogP contribution is -2.09. The van der Waals surface area contributed by atoms with Gasteiger partial charge >= 0.3 is 7.82 Å². The maximum absolute atomic E-state index is 12.0. The number of benzene rings is 1. The second kappa shape index (κ2) is 7.97. The van der Waals surface area contributed by atoms with Crippen molar-refractivity contribution < 1.29 is 23.3 Å². The van der Waals surface area contributed by atoms with Gasteiger partial charge in [0.2, 0.25) is 5.91 Å². The number of fused-ring (bicyclic) bond motifs is 1. The van der Waals surface area contributed by atoms with E-state index in [0.29, 0.717) is 31.1 Å². The molecule has 0 spiro atoms. The number of aromatic nitrogens is 1. The van der Waals surface area contributed by atoms with E-state index in [1.807, 2.05) is 12.1 Å². The normalized spacial score (nSPS) is 13.8. The van der Waals surface area contributed by atoms with E-state index < -0.39 is 7.82 Å². The molecule has 0 radical (unpaired) electrons. The van der Waals surface area contributed by atoms with E-state index in [1.165, 1.54) is 6.20 Å². The van der Waals surface area contributed by atoms with Gasteiger partial charge in [0, 0.05) is 28.0 Å². The minimum Gasteiger partial charge on any atom is -0.402 e. The largest absolute Gasteiger partial charge is 0.527 e. The lowest BCUT2D eigenvalue weighted by Gasteiger charge is -2.12. The number of H-pyrrole nitrogens is 1. The number of amides is 1. The summed E-state index contributed by atoms with van der Waals surface area (Å²) in [5, 5.41) is 0.679. The third kappa shape index (κ3) is 5.66. The molecule has 4 N–H and O–H groups in total. The number of rotatable bonds is 9. The predicted molar refractivity (Wildman–Crippen MR) is 90.1 cm³/mol. The zero-order valence-electron chi connectivity index (χ0n) is 12.3. The van der Waals surface area contributed by atoms with Gasteiger partial charge in [-0.3, -0.25) is 14.2 Å². The van der Waals surface area contributed by atoms with Gasteiger partial charge in [0.05, 0.1) is 6.61 Å². The lowest BCUT2D eigenvalue weighted by molar-refractivity contribution is -0.118. The standard InChI is InChI=1S/C14H18BrN2O5P/c15-10-5-6-12-11(8-10)13(9-17-12)22-23(19,20)21-7-3-1-2-4-14(16)18/h5-6,8-9,17H,1-4,7H2,(H2,16,18)(H,19,20). The molecule has 2 rings (SSSR count). The van der Waals surface area contributed by atoms with Crippen LogP contribution >= 0.6 is 23.8 Å². The Bertz CT molecular complexity index is 733. The highest BCUT2D eigenvalue weighted by molar-refractivity contribution is 9.10. The first-order chi connectivity index (χ1) is 10.9. The van der Waals surface area contributed by atoms with Crippen molar-refractivity contribution in [3.05, 3.63) is 28.9 Å². The summed E-state index contributed by atoms with van der Waals surface area (Å²) in [4.78, 5) is 23.3. The summed E-state index contributed by atoms with van der Waals surface area (Å²) in [6.45, 7) is 0.0680. The number of phosphoric acid groups is 1. The number of unbranched alkanes of at least 4 members (excludes halogenated alkanes) is 2. The fraction of sp³-hybridized carbons (Fsp3) is 0.357. The molecular weight excluding hydrogens is 387 g/mol. The van der Waals surface area contributed by atoms with Crippen molar-refractivity contribution in [2.24, 2.45) is 5.73 Å². The van der Waals surface area contributed by atoms with Gasteiger partial charge < -0.3 is 15.2 Å². The highest BCUT2D eigenvalue weighted by Gasteiger charge is 2.24. The molecule has 0 aliphatic heterocycles. The Morgan fingerprint density at radius 3 is 2.87 bits per heavy atom. The predicted octanol–water partition coefficient (Wildman–Crippen LogP) is 3.47. The van der Waals surface area contributed by atoms with Crippen LogP contribution in [0.15, 0.2) is 28.9 Å². The van der Waals surface area contributed by atoms with Crippen LogP contribution < -0.4 is 10.3 Å². The zero-order chi connectivity index (χ0) is 16.9. The summed E-state index contributed by atoms with van der Waals surface area (Å²) in [5.74, 6) is -0.103. The number of halogens is 1. The van der Waals surface area contributed by atoms with Gasteiger partial charge in [0.15, 0.2) is 5.75 Å². The monoisotopic (exact) mass is 404 g/mol. The fourth-order valence-corrected chi connectivity index (χ4v) is 3.22. The van der Waals surface area contributed by atoms with E-state index in [9.17, 15) is 14.3 Å². The summed E-state index contributed by atoms with van der Waals surface area (Å²) < 4.78 is 22.8. The molecule has 0 saturated carbocycles. The van der Waals surface area contributed by atoms with Crippen molar-refractivity contribution in [2.75, 3.05) is 6.61 Å². The first-order valence-corrected chi connectivity index (χ1v) is 9.38. The van der Waals surface area contributed by atoms with Crippen LogP contribution in [0.5, 0.6) is 5.75 Å². The molecule has 126 valence electrons. The number of hydrogen-bond acceptors (Lipinski definition) is 4. The molecule has 7 nitrogen and oxygen atoms in total. The highest BCUT2D eigenvalue weighted by atomic mass is 79.9. The number of primary amides is 1. The molecule has 0 bridgehead atoms. The Hall–Kier alpha value is -1.34. The Morgan fingerprint density at radius 1 is 1.35 bits per heavy atom. The topological polar surface area (TPSA) is 115 Å². The van der Waals surface area contributed by atoms with Crippen molar-refractivity contribution >= 4 is 40.6 Å². The van der Waals surface area contributed by atoms with Crippen LogP contribution in [0.4, 0.5) is 0 Å². The van der Waals surface area contributed by atoms with Crippen molar-refractivity contribution in [2.45, 2.75) is 25.7 Å². The second-order valence-corrected chi connectivity index (χ2v) is 7.31. The third-order valence-corrected chi connectivity index (χ3v) is 4.57. The summed E-state index contributed by atoms with van der Waals surface area (Å²) in [6.07, 6.45) is 3.67. The molecule has 1 atom stereocenters. The van der Waals surface area contributed by atoms with Crippen LogP contribution in [0.1, 0.15) is 25.7 Å². The van der Waals surface area contributed by atoms with E-state index >= 15 is 0 Å². The summed E-state index contributed by atoms with van der Waals surface area (Å²) in [6, 6.07) is 5.46. The molecule has 2 aromatic rings. The fourth-order valence-electron chi connectivity index (χ4n) is 2.05. The van der Waals surface area contributed by atoms with Gasteiger partial charge in [0.1, 0.15) is 0 Å². The van der Waals surface area contributed by atoms with Crippen LogP contribution in [0, 0.1) is 0 Å². The zero-order valence-corrected chi connectivity index (χ0v) is 14.8. The maximum Gasteiger partial charge on any atom is 0.527 e. The van der Waals surface area contributed by atoms with Crippen molar-refractivity contribution in [1.82, 2.24) is 4.98 Å². The minimum atomic E-state index is -4.20. The smallest absolute Gasteiger partial charge is 0.402 e. The molecule has 0 fully saturated rings. The van der Waals surface area contributed by atoms with Crippen LogP contribution in [-0.2, 0) is 13.9 Å². The van der Waals surface area contributed by atoms with E-state index in [2.05, 4.69) is 20.9 Å². The van der Waals surface area contributed by atoms with Crippen molar-refractivity contribution in [3.63, 3.8) is 0 Å². The summed E-state index contributed by atoms with van der Waals surface area (Å²) in [7, 11) is -4.20. The molecule has 1 aromatic heterocycles. The van der Waals surface area contributed by atoms with Crippen LogP contribution in [-0.4, -0.2) is 22.4 Å². The number of nitrogens with one attached hydrogen (secondary N) is 1.